The Labute approximate surface area is 126 Å². The molecule has 2 aromatic carbocycles. The summed E-state index contributed by atoms with van der Waals surface area (Å²) in [6.07, 6.45) is 1.01. The average Bonchev–Trinajstić information content (AvgIpc) is 2.52. The van der Waals surface area contributed by atoms with Crippen molar-refractivity contribution in [1.29, 1.82) is 0 Å². The van der Waals surface area contributed by atoms with Crippen molar-refractivity contribution >= 4 is 5.78 Å². The van der Waals surface area contributed by atoms with E-state index in [1.165, 1.54) is 0 Å². The molecule has 21 heavy (non-hydrogen) atoms. The van der Waals surface area contributed by atoms with E-state index in [1.54, 1.807) is 7.11 Å². The number of ether oxygens (including phenoxy) is 1. The third-order valence-corrected chi connectivity index (χ3v) is 3.92. The maximum atomic E-state index is 12.6. The second kappa shape index (κ2) is 6.57. The lowest BCUT2D eigenvalue weighted by Crippen LogP contribution is -2.05. The second-order valence-electron chi connectivity index (χ2n) is 5.46. The van der Waals surface area contributed by atoms with Gasteiger partial charge in [-0.3, -0.25) is 4.79 Å². The largest absolute Gasteiger partial charge is 0.496 e. The van der Waals surface area contributed by atoms with Gasteiger partial charge in [0, 0.05) is 11.1 Å². The average molecular weight is 282 g/mol. The first kappa shape index (κ1) is 15.3. The summed E-state index contributed by atoms with van der Waals surface area (Å²) < 4.78 is 5.42. The molecule has 0 aliphatic rings. The number of rotatable bonds is 5. The zero-order valence-corrected chi connectivity index (χ0v) is 13.1. The maximum absolute atomic E-state index is 12.6. The Balaban J connectivity index is 2.42. The predicted octanol–water partition coefficient (Wildman–Crippen LogP) is 4.75. The topological polar surface area (TPSA) is 26.3 Å². The van der Waals surface area contributed by atoms with Crippen LogP contribution in [0, 0.1) is 6.92 Å². The van der Waals surface area contributed by atoms with Gasteiger partial charge in [0.15, 0.2) is 5.78 Å². The van der Waals surface area contributed by atoms with E-state index in [0.717, 1.165) is 34.4 Å². The molecule has 0 bridgehead atoms. The molecule has 0 amide bonds. The molecule has 2 heteroatoms. The van der Waals surface area contributed by atoms with E-state index in [1.807, 2.05) is 49.4 Å². The van der Waals surface area contributed by atoms with Crippen molar-refractivity contribution in [2.45, 2.75) is 33.1 Å². The quantitative estimate of drug-likeness (QED) is 0.740. The normalized spacial score (nSPS) is 12.0. The van der Waals surface area contributed by atoms with E-state index in [-0.39, 0.29) is 5.78 Å². The fourth-order valence-corrected chi connectivity index (χ4v) is 2.43. The minimum atomic E-state index is 0.0610. The van der Waals surface area contributed by atoms with Gasteiger partial charge in [0.05, 0.1) is 7.11 Å². The Morgan fingerprint density at radius 1 is 1.14 bits per heavy atom. The van der Waals surface area contributed by atoms with Crippen LogP contribution in [0.2, 0.25) is 0 Å². The van der Waals surface area contributed by atoms with Crippen LogP contribution in [-0.4, -0.2) is 12.9 Å². The highest BCUT2D eigenvalue weighted by Gasteiger charge is 2.15. The van der Waals surface area contributed by atoms with E-state index >= 15 is 0 Å². The van der Waals surface area contributed by atoms with Crippen LogP contribution < -0.4 is 4.74 Å². The summed E-state index contributed by atoms with van der Waals surface area (Å²) in [5, 5.41) is 0. The number of aryl methyl sites for hydroxylation is 1. The van der Waals surface area contributed by atoms with E-state index in [2.05, 4.69) is 13.8 Å². The van der Waals surface area contributed by atoms with Crippen LogP contribution in [0.15, 0.2) is 42.5 Å². The predicted molar refractivity (Wildman–Crippen MR) is 86.3 cm³/mol. The molecule has 1 atom stereocenters. The van der Waals surface area contributed by atoms with Crippen LogP contribution in [0.25, 0.3) is 0 Å². The lowest BCUT2D eigenvalue weighted by molar-refractivity contribution is 0.103. The minimum absolute atomic E-state index is 0.0610. The highest BCUT2D eigenvalue weighted by Crippen LogP contribution is 2.30. The molecule has 2 aromatic rings. The van der Waals surface area contributed by atoms with E-state index < -0.39 is 0 Å². The monoisotopic (exact) mass is 282 g/mol. The van der Waals surface area contributed by atoms with Crippen LogP contribution in [0.4, 0.5) is 0 Å². The second-order valence-corrected chi connectivity index (χ2v) is 5.46. The van der Waals surface area contributed by atoms with Gasteiger partial charge in [-0.2, -0.15) is 0 Å². The van der Waals surface area contributed by atoms with Crippen molar-refractivity contribution in [3.8, 4) is 5.75 Å². The number of methoxy groups -OCH3 is 1. The van der Waals surface area contributed by atoms with Gasteiger partial charge in [-0.05, 0) is 49.1 Å². The Morgan fingerprint density at radius 2 is 1.86 bits per heavy atom. The van der Waals surface area contributed by atoms with Crippen molar-refractivity contribution in [2.24, 2.45) is 0 Å². The summed E-state index contributed by atoms with van der Waals surface area (Å²) in [6.45, 7) is 6.29. The summed E-state index contributed by atoms with van der Waals surface area (Å²) in [6, 6.07) is 13.4. The summed E-state index contributed by atoms with van der Waals surface area (Å²) in [5.41, 5.74) is 3.64. The number of ketones is 1. The van der Waals surface area contributed by atoms with E-state index in [0.29, 0.717) is 5.92 Å². The zero-order valence-electron chi connectivity index (χ0n) is 13.1. The van der Waals surface area contributed by atoms with Crippen molar-refractivity contribution in [1.82, 2.24) is 0 Å². The minimum Gasteiger partial charge on any atom is -0.496 e. The smallest absolute Gasteiger partial charge is 0.193 e. The van der Waals surface area contributed by atoms with Gasteiger partial charge in [-0.25, -0.2) is 0 Å². The number of hydrogen-bond acceptors (Lipinski definition) is 2. The molecule has 0 aliphatic carbocycles. The number of carbonyl (C=O) groups excluding carboxylic acids is 1. The molecule has 0 radical (unpaired) electrons. The maximum Gasteiger partial charge on any atom is 0.193 e. The molecule has 0 N–H and O–H groups in total. The molecule has 2 rings (SSSR count). The molecular formula is C19H22O2. The Morgan fingerprint density at radius 3 is 2.48 bits per heavy atom. The first-order valence-electron chi connectivity index (χ1n) is 7.36. The summed E-state index contributed by atoms with van der Waals surface area (Å²) in [7, 11) is 1.67. The molecule has 110 valence electrons. The van der Waals surface area contributed by atoms with Gasteiger partial charge >= 0.3 is 0 Å². The third kappa shape index (κ3) is 3.33. The van der Waals surface area contributed by atoms with Crippen molar-refractivity contribution in [3.63, 3.8) is 0 Å². The van der Waals surface area contributed by atoms with Crippen LogP contribution >= 0.6 is 0 Å². The van der Waals surface area contributed by atoms with Crippen LogP contribution in [0.3, 0.4) is 0 Å². The zero-order chi connectivity index (χ0) is 15.4. The first-order chi connectivity index (χ1) is 10.1. The molecule has 0 fully saturated rings. The molecule has 0 aliphatic heterocycles. The number of benzene rings is 2. The fraction of sp³-hybridized carbons (Fsp3) is 0.316. The molecule has 0 aromatic heterocycles. The number of hydrogen-bond donors (Lipinski definition) is 0. The number of carbonyl (C=O) groups is 1. The standard InChI is InChI=1S/C19H22O2/c1-5-14(3)17-12-16(9-10-18(17)21-4)19(20)15-8-6-7-13(2)11-15/h6-12,14H,5H2,1-4H3. The van der Waals surface area contributed by atoms with Crippen LogP contribution in [0.1, 0.15) is 53.2 Å². The highest BCUT2D eigenvalue weighted by atomic mass is 16.5. The SMILES string of the molecule is CCC(C)c1cc(C(=O)c2cccc(C)c2)ccc1OC. The van der Waals surface area contributed by atoms with Crippen molar-refractivity contribution < 1.29 is 9.53 Å². The third-order valence-electron chi connectivity index (χ3n) is 3.92. The highest BCUT2D eigenvalue weighted by molar-refractivity contribution is 6.09. The lowest BCUT2D eigenvalue weighted by Gasteiger charge is -2.15. The lowest BCUT2D eigenvalue weighted by atomic mass is 9.93. The summed E-state index contributed by atoms with van der Waals surface area (Å²) >= 11 is 0. The van der Waals surface area contributed by atoms with Gasteiger partial charge < -0.3 is 4.74 Å². The molecule has 0 saturated carbocycles. The van der Waals surface area contributed by atoms with Gasteiger partial charge in [-0.1, -0.05) is 37.6 Å². The van der Waals surface area contributed by atoms with Crippen molar-refractivity contribution in [2.75, 3.05) is 7.11 Å². The molecule has 1 unspecified atom stereocenters. The molecule has 0 heterocycles. The van der Waals surface area contributed by atoms with E-state index in [9.17, 15) is 4.79 Å². The molecule has 2 nitrogen and oxygen atoms in total. The molecule has 0 saturated heterocycles. The summed E-state index contributed by atoms with van der Waals surface area (Å²) in [5.74, 6) is 1.28. The van der Waals surface area contributed by atoms with Crippen LogP contribution in [-0.2, 0) is 0 Å². The fourth-order valence-electron chi connectivity index (χ4n) is 2.43. The van der Waals surface area contributed by atoms with Gasteiger partial charge in [0.2, 0.25) is 0 Å². The molecular weight excluding hydrogens is 260 g/mol. The van der Waals surface area contributed by atoms with Gasteiger partial charge in [0.25, 0.3) is 0 Å². The summed E-state index contributed by atoms with van der Waals surface area (Å²) in [4.78, 5) is 12.6. The van der Waals surface area contributed by atoms with Gasteiger partial charge in [0.1, 0.15) is 5.75 Å². The van der Waals surface area contributed by atoms with E-state index in [4.69, 9.17) is 4.74 Å². The van der Waals surface area contributed by atoms with Crippen LogP contribution in [0.5, 0.6) is 5.75 Å². The first-order valence-corrected chi connectivity index (χ1v) is 7.36. The Hall–Kier alpha value is -2.09. The Bertz CT molecular complexity index is 644. The molecule has 0 spiro atoms. The Kier molecular flexibility index (Phi) is 4.79. The van der Waals surface area contributed by atoms with Crippen molar-refractivity contribution in [3.05, 3.63) is 64.7 Å². The van der Waals surface area contributed by atoms with Gasteiger partial charge in [-0.15, -0.1) is 0 Å².